The van der Waals surface area contributed by atoms with Gasteiger partial charge >= 0.3 is 0 Å². The molecule has 2 aromatic rings. The van der Waals surface area contributed by atoms with Crippen molar-refractivity contribution >= 4 is 29.4 Å². The Kier molecular flexibility index (Phi) is 4.30. The molecule has 0 spiro atoms. The van der Waals surface area contributed by atoms with Gasteiger partial charge in [-0.15, -0.1) is 0 Å². The standard InChI is InChI=1S/C18H15NO2S/c1-2-11-21-15-9-5-3-7-13(15)12-17-18(20)19-14-8-4-6-10-16(14)22-17/h2-10,12H,1,11H2,(H,19,20)/b17-12-. The molecule has 22 heavy (non-hydrogen) atoms. The Morgan fingerprint density at radius 3 is 2.77 bits per heavy atom. The van der Waals surface area contributed by atoms with E-state index in [1.165, 1.54) is 11.8 Å². The first-order valence-electron chi connectivity index (χ1n) is 6.90. The van der Waals surface area contributed by atoms with Gasteiger partial charge in [-0.25, -0.2) is 0 Å². The molecule has 4 heteroatoms. The van der Waals surface area contributed by atoms with Gasteiger partial charge in [0.25, 0.3) is 5.91 Å². The number of amides is 1. The van der Waals surface area contributed by atoms with E-state index in [1.54, 1.807) is 6.08 Å². The summed E-state index contributed by atoms with van der Waals surface area (Å²) in [5.41, 5.74) is 1.73. The smallest absolute Gasteiger partial charge is 0.262 e. The number of carbonyl (C=O) groups is 1. The highest BCUT2D eigenvalue weighted by Gasteiger charge is 2.20. The second-order valence-electron chi connectivity index (χ2n) is 4.70. The van der Waals surface area contributed by atoms with E-state index in [0.717, 1.165) is 21.9 Å². The molecule has 1 heterocycles. The number of fused-ring (bicyclic) bond motifs is 1. The van der Waals surface area contributed by atoms with Gasteiger partial charge in [0.15, 0.2) is 0 Å². The van der Waals surface area contributed by atoms with Gasteiger partial charge in [0, 0.05) is 10.5 Å². The van der Waals surface area contributed by atoms with Crippen LogP contribution in [0, 0.1) is 0 Å². The third kappa shape index (κ3) is 3.07. The Hall–Kier alpha value is -2.46. The highest BCUT2D eigenvalue weighted by atomic mass is 32.2. The molecular formula is C18H15NO2S. The molecule has 0 saturated carbocycles. The zero-order valence-electron chi connectivity index (χ0n) is 11.9. The summed E-state index contributed by atoms with van der Waals surface area (Å²) in [5.74, 6) is 0.643. The largest absolute Gasteiger partial charge is 0.489 e. The van der Waals surface area contributed by atoms with Gasteiger partial charge in [-0.1, -0.05) is 54.7 Å². The molecule has 0 fully saturated rings. The maximum Gasteiger partial charge on any atom is 0.262 e. The minimum Gasteiger partial charge on any atom is -0.489 e. The predicted octanol–water partition coefficient (Wildman–Crippen LogP) is 4.34. The number of benzene rings is 2. The van der Waals surface area contributed by atoms with Gasteiger partial charge in [0.1, 0.15) is 12.4 Å². The first-order chi connectivity index (χ1) is 10.8. The molecule has 0 unspecified atom stereocenters. The van der Waals surface area contributed by atoms with Crippen LogP contribution in [-0.4, -0.2) is 12.5 Å². The fourth-order valence-electron chi connectivity index (χ4n) is 2.12. The topological polar surface area (TPSA) is 38.3 Å². The third-order valence-electron chi connectivity index (χ3n) is 3.14. The van der Waals surface area contributed by atoms with Gasteiger partial charge in [-0.05, 0) is 24.3 Å². The fourth-order valence-corrected chi connectivity index (χ4v) is 3.07. The molecule has 0 aromatic heterocycles. The molecule has 1 aliphatic rings. The minimum absolute atomic E-state index is 0.0952. The second kappa shape index (κ2) is 6.54. The maximum atomic E-state index is 12.2. The average Bonchev–Trinajstić information content (AvgIpc) is 2.55. The summed E-state index contributed by atoms with van der Waals surface area (Å²) in [6.07, 6.45) is 3.55. The summed E-state index contributed by atoms with van der Waals surface area (Å²) in [6.45, 7) is 4.08. The van der Waals surface area contributed by atoms with Crippen LogP contribution in [0.5, 0.6) is 5.75 Å². The fraction of sp³-hybridized carbons (Fsp3) is 0.0556. The van der Waals surface area contributed by atoms with E-state index in [1.807, 2.05) is 54.6 Å². The highest BCUT2D eigenvalue weighted by Crippen LogP contribution is 2.39. The van der Waals surface area contributed by atoms with Crippen LogP contribution in [-0.2, 0) is 4.79 Å². The van der Waals surface area contributed by atoms with Crippen molar-refractivity contribution < 1.29 is 9.53 Å². The van der Waals surface area contributed by atoms with Gasteiger partial charge in [0.2, 0.25) is 0 Å². The van der Waals surface area contributed by atoms with Crippen molar-refractivity contribution in [3.8, 4) is 5.75 Å². The van der Waals surface area contributed by atoms with Crippen molar-refractivity contribution in [1.82, 2.24) is 0 Å². The van der Waals surface area contributed by atoms with Crippen molar-refractivity contribution in [2.24, 2.45) is 0 Å². The summed E-state index contributed by atoms with van der Waals surface area (Å²) in [4.78, 5) is 13.9. The number of thioether (sulfide) groups is 1. The van der Waals surface area contributed by atoms with Crippen molar-refractivity contribution in [2.75, 3.05) is 11.9 Å². The molecule has 1 aliphatic heterocycles. The second-order valence-corrected chi connectivity index (χ2v) is 5.78. The Bertz CT molecular complexity index is 752. The maximum absolute atomic E-state index is 12.2. The van der Waals surface area contributed by atoms with E-state index in [9.17, 15) is 4.79 Å². The zero-order chi connectivity index (χ0) is 15.4. The lowest BCUT2D eigenvalue weighted by molar-refractivity contribution is -0.112. The van der Waals surface area contributed by atoms with E-state index in [4.69, 9.17) is 4.74 Å². The van der Waals surface area contributed by atoms with Crippen molar-refractivity contribution in [3.63, 3.8) is 0 Å². The number of anilines is 1. The molecule has 1 amide bonds. The Balaban J connectivity index is 1.93. The highest BCUT2D eigenvalue weighted by molar-refractivity contribution is 8.04. The number of carbonyl (C=O) groups excluding carboxylic acids is 1. The van der Waals surface area contributed by atoms with Crippen LogP contribution in [0.4, 0.5) is 5.69 Å². The number of ether oxygens (including phenoxy) is 1. The number of rotatable bonds is 4. The van der Waals surface area contributed by atoms with E-state index < -0.39 is 0 Å². The Labute approximate surface area is 133 Å². The summed E-state index contributed by atoms with van der Waals surface area (Å²) in [7, 11) is 0. The predicted molar refractivity (Wildman–Crippen MR) is 91.0 cm³/mol. The van der Waals surface area contributed by atoms with Gasteiger partial charge in [0.05, 0.1) is 10.6 Å². The summed E-state index contributed by atoms with van der Waals surface area (Å²) in [6, 6.07) is 15.4. The zero-order valence-corrected chi connectivity index (χ0v) is 12.7. The lowest BCUT2D eigenvalue weighted by atomic mass is 10.2. The number of nitrogens with one attached hydrogen (secondary N) is 1. The van der Waals surface area contributed by atoms with Gasteiger partial charge in [-0.3, -0.25) is 4.79 Å². The Morgan fingerprint density at radius 2 is 1.91 bits per heavy atom. The SMILES string of the molecule is C=CCOc1ccccc1/C=C1\Sc2ccccc2NC1=O. The lowest BCUT2D eigenvalue weighted by Gasteiger charge is -2.18. The van der Waals surface area contributed by atoms with Crippen LogP contribution < -0.4 is 10.1 Å². The van der Waals surface area contributed by atoms with E-state index in [-0.39, 0.29) is 5.91 Å². The van der Waals surface area contributed by atoms with Crippen molar-refractivity contribution in [2.45, 2.75) is 4.90 Å². The van der Waals surface area contributed by atoms with E-state index in [0.29, 0.717) is 11.5 Å². The molecule has 0 atom stereocenters. The molecule has 3 nitrogen and oxygen atoms in total. The lowest BCUT2D eigenvalue weighted by Crippen LogP contribution is -2.17. The van der Waals surface area contributed by atoms with Crippen molar-refractivity contribution in [1.29, 1.82) is 0 Å². The van der Waals surface area contributed by atoms with Crippen LogP contribution in [0.3, 0.4) is 0 Å². The first-order valence-corrected chi connectivity index (χ1v) is 7.72. The molecule has 2 aromatic carbocycles. The summed E-state index contributed by atoms with van der Waals surface area (Å²) >= 11 is 1.47. The van der Waals surface area contributed by atoms with E-state index >= 15 is 0 Å². The Morgan fingerprint density at radius 1 is 1.14 bits per heavy atom. The van der Waals surface area contributed by atoms with Crippen LogP contribution in [0.1, 0.15) is 5.56 Å². The summed E-state index contributed by atoms with van der Waals surface area (Å²) < 4.78 is 5.63. The number of hydrogen-bond acceptors (Lipinski definition) is 3. The quantitative estimate of drug-likeness (QED) is 0.674. The number of hydrogen-bond donors (Lipinski definition) is 1. The van der Waals surface area contributed by atoms with E-state index in [2.05, 4.69) is 11.9 Å². The molecular weight excluding hydrogens is 294 g/mol. The average molecular weight is 309 g/mol. The first kappa shape index (κ1) is 14.5. The molecule has 110 valence electrons. The minimum atomic E-state index is -0.0952. The summed E-state index contributed by atoms with van der Waals surface area (Å²) in [5, 5.41) is 2.91. The van der Waals surface area contributed by atoms with Crippen LogP contribution in [0.25, 0.3) is 6.08 Å². The monoisotopic (exact) mass is 309 g/mol. The molecule has 0 saturated heterocycles. The number of para-hydroxylation sites is 2. The van der Waals surface area contributed by atoms with Crippen LogP contribution in [0.15, 0.2) is 71.0 Å². The molecule has 0 bridgehead atoms. The van der Waals surface area contributed by atoms with Crippen LogP contribution in [0.2, 0.25) is 0 Å². The molecule has 3 rings (SSSR count). The van der Waals surface area contributed by atoms with Gasteiger partial charge in [-0.2, -0.15) is 0 Å². The van der Waals surface area contributed by atoms with Crippen LogP contribution >= 0.6 is 11.8 Å². The molecule has 1 N–H and O–H groups in total. The molecule has 0 aliphatic carbocycles. The van der Waals surface area contributed by atoms with Crippen molar-refractivity contribution in [3.05, 3.63) is 71.7 Å². The van der Waals surface area contributed by atoms with Gasteiger partial charge < -0.3 is 10.1 Å². The third-order valence-corrected chi connectivity index (χ3v) is 4.24. The molecule has 0 radical (unpaired) electrons. The normalized spacial score (nSPS) is 15.1.